The smallest absolute Gasteiger partial charge is 0.321 e. The lowest BCUT2D eigenvalue weighted by atomic mass is 10.1. The topological polar surface area (TPSA) is 77.6 Å². The number of amides is 3. The molecule has 9 heteroatoms. The molecule has 0 bridgehead atoms. The number of hydrogen-bond donors (Lipinski definition) is 2. The van der Waals surface area contributed by atoms with Crippen molar-refractivity contribution in [3.8, 4) is 0 Å². The summed E-state index contributed by atoms with van der Waals surface area (Å²) in [6.07, 6.45) is 1.46. The fourth-order valence-electron chi connectivity index (χ4n) is 3.06. The van der Waals surface area contributed by atoms with Crippen LogP contribution in [0, 0.1) is 0 Å². The normalized spacial score (nSPS) is 14.3. The highest BCUT2D eigenvalue weighted by molar-refractivity contribution is 6.30. The molecule has 2 N–H and O–H groups in total. The Morgan fingerprint density at radius 2 is 1.72 bits per heavy atom. The van der Waals surface area contributed by atoms with Crippen molar-refractivity contribution in [2.24, 2.45) is 0 Å². The van der Waals surface area contributed by atoms with Gasteiger partial charge >= 0.3 is 6.03 Å². The van der Waals surface area contributed by atoms with E-state index >= 15 is 0 Å². The van der Waals surface area contributed by atoms with E-state index in [1.165, 1.54) is 6.20 Å². The van der Waals surface area contributed by atoms with Gasteiger partial charge in [-0.25, -0.2) is 9.78 Å². The van der Waals surface area contributed by atoms with Crippen LogP contribution in [0.3, 0.4) is 0 Å². The van der Waals surface area contributed by atoms with Gasteiger partial charge in [-0.3, -0.25) is 9.69 Å². The monoisotopic (exact) mass is 437 g/mol. The number of nitrogens with one attached hydrogen (secondary N) is 2. The third-order valence-corrected chi connectivity index (χ3v) is 4.94. The fourth-order valence-corrected chi connectivity index (χ4v) is 3.17. The van der Waals surface area contributed by atoms with Crippen molar-refractivity contribution >= 4 is 47.5 Å². The zero-order valence-corrected chi connectivity index (χ0v) is 18.0. The van der Waals surface area contributed by atoms with Crippen molar-refractivity contribution in [1.82, 2.24) is 14.8 Å². The first kappa shape index (κ1) is 22.9. The van der Waals surface area contributed by atoms with Crippen LogP contribution in [-0.2, 0) is 0 Å². The van der Waals surface area contributed by atoms with Crippen molar-refractivity contribution < 1.29 is 9.59 Å². The van der Waals surface area contributed by atoms with E-state index in [0.29, 0.717) is 41.2 Å². The number of pyridine rings is 1. The molecule has 0 atom stereocenters. The summed E-state index contributed by atoms with van der Waals surface area (Å²) in [5, 5.41) is 6.07. The minimum Gasteiger partial charge on any atom is -0.322 e. The number of aromatic nitrogens is 1. The van der Waals surface area contributed by atoms with E-state index < -0.39 is 0 Å². The van der Waals surface area contributed by atoms with Gasteiger partial charge in [0.2, 0.25) is 0 Å². The van der Waals surface area contributed by atoms with Crippen LogP contribution >= 0.6 is 24.0 Å². The second kappa shape index (κ2) is 10.4. The molecule has 0 spiro atoms. The van der Waals surface area contributed by atoms with Crippen molar-refractivity contribution in [3.05, 3.63) is 53.2 Å². The molecule has 29 heavy (non-hydrogen) atoms. The minimum atomic E-state index is -0.352. The maximum Gasteiger partial charge on any atom is 0.321 e. The first-order chi connectivity index (χ1) is 13.4. The molecular formula is C20H25Cl2N5O2. The average Bonchev–Trinajstić information content (AvgIpc) is 2.70. The Balaban J connectivity index is 0.00000300. The highest BCUT2D eigenvalue weighted by Crippen LogP contribution is 2.18. The molecular weight excluding hydrogens is 413 g/mol. The molecule has 0 saturated carbocycles. The molecule has 0 aliphatic carbocycles. The van der Waals surface area contributed by atoms with E-state index in [0.717, 1.165) is 13.1 Å². The molecule has 156 valence electrons. The van der Waals surface area contributed by atoms with Gasteiger partial charge < -0.3 is 15.5 Å². The predicted molar refractivity (Wildman–Crippen MR) is 118 cm³/mol. The van der Waals surface area contributed by atoms with Gasteiger partial charge in [0.1, 0.15) is 5.82 Å². The summed E-state index contributed by atoms with van der Waals surface area (Å²) in [4.78, 5) is 33.5. The Morgan fingerprint density at radius 3 is 2.34 bits per heavy atom. The van der Waals surface area contributed by atoms with Gasteiger partial charge in [0.25, 0.3) is 5.91 Å². The second-order valence-corrected chi connectivity index (χ2v) is 7.34. The van der Waals surface area contributed by atoms with Crippen LogP contribution in [0.15, 0.2) is 42.6 Å². The maximum atomic E-state index is 12.7. The Bertz CT molecular complexity index is 837. The van der Waals surface area contributed by atoms with Crippen molar-refractivity contribution in [1.29, 1.82) is 0 Å². The van der Waals surface area contributed by atoms with Crippen molar-refractivity contribution in [2.75, 3.05) is 36.8 Å². The predicted octanol–water partition coefficient (Wildman–Crippen LogP) is 3.97. The number of para-hydroxylation sites is 1. The minimum absolute atomic E-state index is 0. The van der Waals surface area contributed by atoms with E-state index in [9.17, 15) is 9.59 Å². The number of urea groups is 1. The summed E-state index contributed by atoms with van der Waals surface area (Å²) in [6.45, 7) is 7.31. The third-order valence-electron chi connectivity index (χ3n) is 4.71. The summed E-state index contributed by atoms with van der Waals surface area (Å²) >= 11 is 5.82. The summed E-state index contributed by atoms with van der Waals surface area (Å²) < 4.78 is 0. The molecule has 3 rings (SSSR count). The third kappa shape index (κ3) is 6.06. The van der Waals surface area contributed by atoms with Crippen LogP contribution < -0.4 is 10.6 Å². The number of halogens is 2. The zero-order chi connectivity index (χ0) is 20.1. The van der Waals surface area contributed by atoms with Gasteiger partial charge in [0, 0.05) is 38.4 Å². The molecule has 3 amide bonds. The number of anilines is 2. The van der Waals surface area contributed by atoms with Gasteiger partial charge in [-0.15, -0.1) is 12.4 Å². The second-order valence-electron chi connectivity index (χ2n) is 6.91. The Kier molecular flexibility index (Phi) is 8.25. The van der Waals surface area contributed by atoms with Crippen LogP contribution in [0.2, 0.25) is 5.02 Å². The lowest BCUT2D eigenvalue weighted by Gasteiger charge is -2.36. The highest BCUT2D eigenvalue weighted by Gasteiger charge is 2.23. The molecule has 2 heterocycles. The number of piperazine rings is 1. The zero-order valence-electron chi connectivity index (χ0n) is 16.4. The molecule has 1 fully saturated rings. The molecule has 1 saturated heterocycles. The number of benzene rings is 1. The number of nitrogens with zero attached hydrogens (tertiary/aromatic N) is 3. The SMILES string of the molecule is CC(C)N1CCN(C(=O)Nc2ccccc2C(=O)Nc2ccc(Cl)cn2)CC1.Cl. The number of hydrogen-bond acceptors (Lipinski definition) is 4. The Labute approximate surface area is 181 Å². The average molecular weight is 438 g/mol. The lowest BCUT2D eigenvalue weighted by Crippen LogP contribution is -2.51. The van der Waals surface area contributed by atoms with Gasteiger partial charge in [-0.1, -0.05) is 23.7 Å². The van der Waals surface area contributed by atoms with Gasteiger partial charge in [0.05, 0.1) is 16.3 Å². The molecule has 7 nitrogen and oxygen atoms in total. The first-order valence-corrected chi connectivity index (χ1v) is 9.64. The standard InChI is InChI=1S/C20H24ClN5O2.ClH/c1-14(2)25-9-11-26(12-10-25)20(28)23-17-6-4-3-5-16(17)19(27)24-18-8-7-15(21)13-22-18;/h3-8,13-14H,9-12H2,1-2H3,(H,23,28)(H,22,24,27);1H. The number of rotatable bonds is 4. The van der Waals surface area contributed by atoms with E-state index in [4.69, 9.17) is 11.6 Å². The molecule has 1 aromatic carbocycles. The lowest BCUT2D eigenvalue weighted by molar-refractivity contribution is 0.102. The summed E-state index contributed by atoms with van der Waals surface area (Å²) in [5.74, 6) is 0.0377. The van der Waals surface area contributed by atoms with Crippen molar-refractivity contribution in [2.45, 2.75) is 19.9 Å². The van der Waals surface area contributed by atoms with Gasteiger partial charge in [-0.2, -0.15) is 0 Å². The van der Waals surface area contributed by atoms with Crippen LogP contribution in [0.4, 0.5) is 16.3 Å². The summed E-state index contributed by atoms with van der Waals surface area (Å²) in [6, 6.07) is 10.4. The number of carbonyl (C=O) groups is 2. The molecule has 0 radical (unpaired) electrons. The summed E-state index contributed by atoms with van der Waals surface area (Å²) in [7, 11) is 0. The molecule has 2 aromatic rings. The van der Waals surface area contributed by atoms with E-state index in [-0.39, 0.29) is 24.3 Å². The van der Waals surface area contributed by atoms with Crippen LogP contribution in [-0.4, -0.2) is 58.9 Å². The molecule has 0 unspecified atom stereocenters. The summed E-state index contributed by atoms with van der Waals surface area (Å²) in [5.41, 5.74) is 0.832. The van der Waals surface area contributed by atoms with Crippen LogP contribution in [0.25, 0.3) is 0 Å². The number of carbonyl (C=O) groups excluding carboxylic acids is 2. The van der Waals surface area contributed by atoms with Gasteiger partial charge in [0.15, 0.2) is 0 Å². The van der Waals surface area contributed by atoms with Crippen molar-refractivity contribution in [3.63, 3.8) is 0 Å². The van der Waals surface area contributed by atoms with Crippen LogP contribution in [0.5, 0.6) is 0 Å². The fraction of sp³-hybridized carbons (Fsp3) is 0.350. The van der Waals surface area contributed by atoms with E-state index in [2.05, 4.69) is 34.4 Å². The quantitative estimate of drug-likeness (QED) is 0.758. The highest BCUT2D eigenvalue weighted by atomic mass is 35.5. The first-order valence-electron chi connectivity index (χ1n) is 9.26. The van der Waals surface area contributed by atoms with Crippen LogP contribution in [0.1, 0.15) is 24.2 Å². The molecule has 1 aliphatic rings. The van der Waals surface area contributed by atoms with Gasteiger partial charge in [-0.05, 0) is 38.1 Å². The molecule has 1 aliphatic heterocycles. The Morgan fingerprint density at radius 1 is 1.03 bits per heavy atom. The maximum absolute atomic E-state index is 12.7. The Hall–Kier alpha value is -2.35. The molecule has 1 aromatic heterocycles. The van der Waals surface area contributed by atoms with E-state index in [1.807, 2.05) is 0 Å². The van der Waals surface area contributed by atoms with E-state index in [1.54, 1.807) is 41.3 Å². The largest absolute Gasteiger partial charge is 0.322 e.